The van der Waals surface area contributed by atoms with E-state index in [2.05, 4.69) is 128 Å². The van der Waals surface area contributed by atoms with Crippen LogP contribution in [0, 0.1) is 67.5 Å². The van der Waals surface area contributed by atoms with E-state index in [1.54, 1.807) is 0 Å². The number of hydrogen-bond acceptors (Lipinski definition) is 0. The van der Waals surface area contributed by atoms with Gasteiger partial charge in [0.05, 0.1) is 0 Å². The number of halogens is 2. The van der Waals surface area contributed by atoms with E-state index in [1.165, 1.54) is 54.9 Å². The molecule has 2 aliphatic rings. The molecule has 0 nitrogen and oxygen atoms in total. The molecule has 232 valence electrons. The minimum absolute atomic E-state index is 0. The van der Waals surface area contributed by atoms with E-state index in [-0.39, 0.29) is 77.2 Å². The van der Waals surface area contributed by atoms with Crippen molar-refractivity contribution in [3.8, 4) is 0 Å². The smallest absolute Gasteiger partial charge is 1.00 e. The van der Waals surface area contributed by atoms with Gasteiger partial charge in [-0.3, -0.25) is 12.2 Å². The van der Waals surface area contributed by atoms with Crippen molar-refractivity contribution in [1.29, 1.82) is 0 Å². The molecule has 4 aromatic carbocycles. The molecule has 2 aliphatic carbocycles. The third-order valence-corrected chi connectivity index (χ3v) is 6.01. The summed E-state index contributed by atoms with van der Waals surface area (Å²) in [6.07, 6.45) is 22.0. The van der Waals surface area contributed by atoms with Crippen molar-refractivity contribution in [1.82, 2.24) is 0 Å². The summed E-state index contributed by atoms with van der Waals surface area (Å²) >= 11 is 0. The molecule has 0 aliphatic heterocycles. The molecule has 0 fully saturated rings. The Balaban J connectivity index is -0.000000233. The van der Waals surface area contributed by atoms with Crippen molar-refractivity contribution in [2.24, 2.45) is 0 Å². The van der Waals surface area contributed by atoms with Crippen LogP contribution < -0.4 is 24.8 Å². The molecule has 0 bridgehead atoms. The second-order valence-electron chi connectivity index (χ2n) is 10.1. The number of allylic oxidation sites excluding steroid dienone is 8. The molecule has 0 radical (unpaired) electrons. The van der Waals surface area contributed by atoms with Gasteiger partial charge in [-0.05, 0) is 13.8 Å². The number of fused-ring (bicyclic) bond motifs is 2. The number of rotatable bonds is 0. The zero-order valence-electron chi connectivity index (χ0n) is 28.1. The molecule has 0 spiro atoms. The molecule has 4 heteroatoms. The first-order chi connectivity index (χ1) is 19.2. The molecule has 0 amide bonds. The van der Waals surface area contributed by atoms with Crippen molar-refractivity contribution in [2.75, 3.05) is 0 Å². The third-order valence-electron chi connectivity index (χ3n) is 6.01. The van der Waals surface area contributed by atoms with Gasteiger partial charge < -0.3 is 38.7 Å². The van der Waals surface area contributed by atoms with Crippen LogP contribution in [0.25, 0.3) is 21.5 Å². The van der Waals surface area contributed by atoms with Crippen LogP contribution in [0.1, 0.15) is 72.9 Å². The molecular formula is C40H50Cl2Zr2. The minimum atomic E-state index is 0. The first-order valence-corrected chi connectivity index (χ1v) is 14.5. The average molecular weight is 784 g/mol. The molecule has 0 aromatic heterocycles. The van der Waals surface area contributed by atoms with E-state index in [1.807, 2.05) is 38.2 Å². The Morgan fingerprint density at radius 3 is 1.18 bits per heavy atom. The summed E-state index contributed by atoms with van der Waals surface area (Å²) in [6, 6.07) is 17.8. The van der Waals surface area contributed by atoms with Crippen LogP contribution in [0.5, 0.6) is 0 Å². The van der Waals surface area contributed by atoms with Crippen LogP contribution in [0.2, 0.25) is 0 Å². The minimum Gasteiger partial charge on any atom is -1.00 e. The molecule has 4 aromatic rings. The van der Waals surface area contributed by atoms with Crippen molar-refractivity contribution < 1.29 is 77.2 Å². The van der Waals surface area contributed by atoms with Gasteiger partial charge in [0.25, 0.3) is 0 Å². The van der Waals surface area contributed by atoms with Gasteiger partial charge in [0, 0.05) is 0 Å². The van der Waals surface area contributed by atoms with Crippen LogP contribution in [0.4, 0.5) is 0 Å². The average Bonchev–Trinajstić information content (AvgIpc) is 3.72. The van der Waals surface area contributed by atoms with E-state index in [9.17, 15) is 0 Å². The molecule has 0 saturated carbocycles. The summed E-state index contributed by atoms with van der Waals surface area (Å²) in [5.74, 6) is 0. The Kier molecular flexibility index (Phi) is 33.3. The third kappa shape index (κ3) is 18.8. The predicted molar refractivity (Wildman–Crippen MR) is 182 cm³/mol. The monoisotopic (exact) mass is 780 g/mol. The van der Waals surface area contributed by atoms with Gasteiger partial charge in [0.2, 0.25) is 0 Å². The summed E-state index contributed by atoms with van der Waals surface area (Å²) < 4.78 is 0. The summed E-state index contributed by atoms with van der Waals surface area (Å²) in [5.41, 5.74) is 8.28. The number of benzene rings is 2. The first kappa shape index (κ1) is 49.8. The fourth-order valence-corrected chi connectivity index (χ4v) is 4.62. The molecule has 0 N–H and O–H groups in total. The van der Waals surface area contributed by atoms with Gasteiger partial charge in [0.15, 0.2) is 0 Å². The van der Waals surface area contributed by atoms with Gasteiger partial charge in [-0.2, -0.15) is 49.3 Å². The maximum Gasteiger partial charge on any atom is 4.00 e. The topological polar surface area (TPSA) is 0 Å². The summed E-state index contributed by atoms with van der Waals surface area (Å²) in [4.78, 5) is 0. The summed E-state index contributed by atoms with van der Waals surface area (Å²) in [5, 5.41) is 5.62. The Bertz CT molecular complexity index is 1270. The molecule has 6 rings (SSSR count). The molecule has 0 heterocycles. The molecule has 0 atom stereocenters. The maximum absolute atomic E-state index is 3.49. The van der Waals surface area contributed by atoms with Crippen LogP contribution in [0.15, 0.2) is 85.0 Å². The van der Waals surface area contributed by atoms with Gasteiger partial charge >= 0.3 is 52.4 Å². The Labute approximate surface area is 321 Å². The SMILES string of the molecule is Cc1cc(C)c2c(cc[c-]2C)c1.Cc1cc(C)c2c(cc[c-]2C)c1.[C-]1=CC=CC1.[C-]1=CC=CC1.[CH2-]CC.[CH2-]CC.[Cl-].[Cl-].[Zr+4].[Zr+4]. The summed E-state index contributed by atoms with van der Waals surface area (Å²) in [7, 11) is 0. The molecule has 0 unspecified atom stereocenters. The summed E-state index contributed by atoms with van der Waals surface area (Å²) in [6.45, 7) is 24.0. The first-order valence-electron chi connectivity index (χ1n) is 14.5. The Morgan fingerprint density at radius 2 is 0.955 bits per heavy atom. The van der Waals surface area contributed by atoms with Crippen LogP contribution >= 0.6 is 0 Å². The zero-order chi connectivity index (χ0) is 29.9. The van der Waals surface area contributed by atoms with Gasteiger partial charge in [-0.15, -0.1) is 68.8 Å². The quantitative estimate of drug-likeness (QED) is 0.191. The zero-order valence-corrected chi connectivity index (χ0v) is 34.5. The Morgan fingerprint density at radius 1 is 0.636 bits per heavy atom. The fraction of sp³-hybridized carbons (Fsp3) is 0.300. The van der Waals surface area contributed by atoms with Crippen LogP contribution in [-0.4, -0.2) is 0 Å². The van der Waals surface area contributed by atoms with Crippen molar-refractivity contribution in [2.45, 2.75) is 81.1 Å². The molecule has 0 saturated heterocycles. The van der Waals surface area contributed by atoms with Crippen molar-refractivity contribution >= 4 is 21.5 Å². The second-order valence-corrected chi connectivity index (χ2v) is 10.1. The van der Waals surface area contributed by atoms with Crippen LogP contribution in [-0.2, 0) is 52.4 Å². The normalized spacial score (nSPS) is 10.8. The molecule has 44 heavy (non-hydrogen) atoms. The van der Waals surface area contributed by atoms with Crippen molar-refractivity contribution in [3.63, 3.8) is 0 Å². The number of hydrogen-bond donors (Lipinski definition) is 0. The standard InChI is InChI=1S/2C12H13.2C5H5.2C3H7.2ClH.2Zr/c2*1-8-6-10(3)12-9(2)4-5-11(12)7-8;2*1-2-4-5-3-1;2*1-3-2;;;;/h2*4-7H,1-3H3;2*1-3H,4H2;2*1,3H2,2H3;2*1H;;/q6*-1;;;2*+4/p-2. The van der Waals surface area contributed by atoms with Gasteiger partial charge in [0.1, 0.15) is 0 Å². The second kappa shape index (κ2) is 29.4. The van der Waals surface area contributed by atoms with Crippen LogP contribution in [0.3, 0.4) is 0 Å². The van der Waals surface area contributed by atoms with E-state index in [0.29, 0.717) is 0 Å². The van der Waals surface area contributed by atoms with E-state index < -0.39 is 0 Å². The van der Waals surface area contributed by atoms with Crippen molar-refractivity contribution in [3.05, 3.63) is 144 Å². The fourth-order valence-electron chi connectivity index (χ4n) is 4.62. The van der Waals surface area contributed by atoms with E-state index in [0.717, 1.165) is 25.7 Å². The van der Waals surface area contributed by atoms with E-state index in [4.69, 9.17) is 0 Å². The molecular weight excluding hydrogens is 734 g/mol. The number of aryl methyl sites for hydroxylation is 6. The van der Waals surface area contributed by atoms with E-state index >= 15 is 0 Å². The maximum atomic E-state index is 3.49. The van der Waals surface area contributed by atoms with Gasteiger partial charge in [-0.1, -0.05) is 64.8 Å². The Hall–Kier alpha value is -1.03. The van der Waals surface area contributed by atoms with Gasteiger partial charge in [-0.25, -0.2) is 24.3 Å². The largest absolute Gasteiger partial charge is 4.00 e. The predicted octanol–water partition coefficient (Wildman–Crippen LogP) is 6.04.